The number of benzene rings is 1. The summed E-state index contributed by atoms with van der Waals surface area (Å²) in [5, 5.41) is 0. The molecule has 1 fully saturated rings. The smallest absolute Gasteiger partial charge is 0.318 e. The van der Waals surface area contributed by atoms with Gasteiger partial charge in [0.05, 0.1) is 21.3 Å². The van der Waals surface area contributed by atoms with Gasteiger partial charge in [0, 0.05) is 37.9 Å². The summed E-state index contributed by atoms with van der Waals surface area (Å²) in [7, 11) is 7.13. The zero-order valence-electron chi connectivity index (χ0n) is 16.5. The number of piperidine rings is 1. The number of anilines is 1. The molecule has 0 spiro atoms. The van der Waals surface area contributed by atoms with E-state index in [1.165, 1.54) is 5.56 Å². The maximum atomic E-state index is 5.38. The molecular weight excluding hydrogens is 344 g/mol. The monoisotopic (exact) mass is 372 g/mol. The van der Waals surface area contributed by atoms with Crippen molar-refractivity contribution in [3.63, 3.8) is 0 Å². The molecule has 0 amide bonds. The van der Waals surface area contributed by atoms with E-state index < -0.39 is 0 Å². The summed E-state index contributed by atoms with van der Waals surface area (Å²) in [6, 6.07) is 8.93. The van der Waals surface area contributed by atoms with Gasteiger partial charge < -0.3 is 19.1 Å². The summed E-state index contributed by atoms with van der Waals surface area (Å²) in [5.41, 5.74) is 1.19. The number of methoxy groups -OCH3 is 3. The highest BCUT2D eigenvalue weighted by molar-refractivity contribution is 5.39. The van der Waals surface area contributed by atoms with Crippen molar-refractivity contribution in [2.45, 2.75) is 25.4 Å². The predicted octanol–water partition coefficient (Wildman–Crippen LogP) is 2.60. The number of hydrogen-bond donors (Lipinski definition) is 0. The van der Waals surface area contributed by atoms with Crippen LogP contribution >= 0.6 is 0 Å². The molecular formula is C20H28N4O3. The minimum atomic E-state index is 0.415. The second-order valence-electron chi connectivity index (χ2n) is 6.76. The Morgan fingerprint density at radius 1 is 1.04 bits per heavy atom. The average Bonchev–Trinajstić information content (AvgIpc) is 2.73. The zero-order chi connectivity index (χ0) is 19.2. The highest BCUT2D eigenvalue weighted by Crippen LogP contribution is 2.26. The minimum Gasteiger partial charge on any atom is -0.497 e. The molecule has 0 unspecified atom stereocenters. The lowest BCUT2D eigenvalue weighted by Gasteiger charge is -2.37. The van der Waals surface area contributed by atoms with Crippen LogP contribution < -0.4 is 19.1 Å². The average molecular weight is 372 g/mol. The standard InChI is InChI=1S/C20H28N4O3/c1-23(14-15-11-17(25-2)13-18(12-15)26-3)16-6-9-24(10-7-16)19-5-8-21-20(22-19)27-4/h5,8,11-13,16H,6-7,9-10,14H2,1-4H3. The van der Waals surface area contributed by atoms with Crippen molar-refractivity contribution in [3.8, 4) is 17.5 Å². The van der Waals surface area contributed by atoms with Crippen molar-refractivity contribution in [1.82, 2.24) is 14.9 Å². The van der Waals surface area contributed by atoms with E-state index in [2.05, 4.69) is 38.9 Å². The molecule has 146 valence electrons. The van der Waals surface area contributed by atoms with Crippen LogP contribution in [0.1, 0.15) is 18.4 Å². The second kappa shape index (κ2) is 8.90. The van der Waals surface area contributed by atoms with E-state index in [-0.39, 0.29) is 0 Å². The van der Waals surface area contributed by atoms with Crippen LogP contribution in [-0.2, 0) is 6.54 Å². The Bertz CT molecular complexity index is 726. The number of hydrogen-bond acceptors (Lipinski definition) is 7. The predicted molar refractivity (Wildman–Crippen MR) is 105 cm³/mol. The molecule has 2 heterocycles. The largest absolute Gasteiger partial charge is 0.497 e. The molecule has 0 N–H and O–H groups in total. The molecule has 1 saturated heterocycles. The molecule has 1 aromatic carbocycles. The van der Waals surface area contributed by atoms with E-state index in [9.17, 15) is 0 Å². The first kappa shape index (κ1) is 19.2. The third kappa shape index (κ3) is 4.80. The Kier molecular flexibility index (Phi) is 6.34. The van der Waals surface area contributed by atoms with Crippen LogP contribution in [0.3, 0.4) is 0 Å². The summed E-state index contributed by atoms with van der Waals surface area (Å²) >= 11 is 0. The summed E-state index contributed by atoms with van der Waals surface area (Å²) < 4.78 is 15.9. The Hall–Kier alpha value is -2.54. The van der Waals surface area contributed by atoms with Gasteiger partial charge in [0.25, 0.3) is 0 Å². The van der Waals surface area contributed by atoms with E-state index in [0.29, 0.717) is 12.1 Å². The fourth-order valence-corrected chi connectivity index (χ4v) is 3.52. The van der Waals surface area contributed by atoms with Crippen molar-refractivity contribution < 1.29 is 14.2 Å². The number of rotatable bonds is 7. The molecule has 0 radical (unpaired) electrons. The van der Waals surface area contributed by atoms with Crippen molar-refractivity contribution in [2.24, 2.45) is 0 Å². The third-order valence-corrected chi connectivity index (χ3v) is 5.06. The first-order valence-electron chi connectivity index (χ1n) is 9.17. The van der Waals surface area contributed by atoms with Gasteiger partial charge in [-0.05, 0) is 43.7 Å². The van der Waals surface area contributed by atoms with Gasteiger partial charge >= 0.3 is 6.01 Å². The quantitative estimate of drug-likeness (QED) is 0.740. The maximum Gasteiger partial charge on any atom is 0.318 e. The second-order valence-corrected chi connectivity index (χ2v) is 6.76. The lowest BCUT2D eigenvalue weighted by molar-refractivity contribution is 0.199. The normalized spacial score (nSPS) is 15.1. The molecule has 2 aromatic rings. The molecule has 1 aliphatic rings. The van der Waals surface area contributed by atoms with Crippen LogP contribution in [0.4, 0.5) is 5.82 Å². The van der Waals surface area contributed by atoms with Crippen molar-refractivity contribution in [3.05, 3.63) is 36.0 Å². The summed E-state index contributed by atoms with van der Waals surface area (Å²) in [6.07, 6.45) is 3.92. The highest BCUT2D eigenvalue weighted by atomic mass is 16.5. The van der Waals surface area contributed by atoms with Gasteiger partial charge in [0.2, 0.25) is 0 Å². The first-order chi connectivity index (χ1) is 13.1. The van der Waals surface area contributed by atoms with Gasteiger partial charge in [-0.3, -0.25) is 4.90 Å². The fraction of sp³-hybridized carbons (Fsp3) is 0.500. The van der Waals surface area contributed by atoms with E-state index in [0.717, 1.165) is 49.8 Å². The van der Waals surface area contributed by atoms with E-state index in [4.69, 9.17) is 14.2 Å². The SMILES string of the molecule is COc1cc(CN(C)C2CCN(c3ccnc(OC)n3)CC2)cc(OC)c1. The first-order valence-corrected chi connectivity index (χ1v) is 9.17. The van der Waals surface area contributed by atoms with Gasteiger partial charge in [0.15, 0.2) is 0 Å². The van der Waals surface area contributed by atoms with E-state index in [1.807, 2.05) is 12.1 Å². The molecule has 1 aliphatic heterocycles. The Morgan fingerprint density at radius 2 is 1.70 bits per heavy atom. The lowest BCUT2D eigenvalue weighted by atomic mass is 10.0. The van der Waals surface area contributed by atoms with Crippen LogP contribution in [0.25, 0.3) is 0 Å². The molecule has 0 atom stereocenters. The Morgan fingerprint density at radius 3 is 2.30 bits per heavy atom. The molecule has 0 aliphatic carbocycles. The van der Waals surface area contributed by atoms with E-state index >= 15 is 0 Å². The Labute approximate surface area is 160 Å². The van der Waals surface area contributed by atoms with Crippen LogP contribution in [0, 0.1) is 0 Å². The number of aromatic nitrogens is 2. The summed E-state index contributed by atoms with van der Waals surface area (Å²) in [6.45, 7) is 2.80. The zero-order valence-corrected chi connectivity index (χ0v) is 16.5. The number of nitrogens with zero attached hydrogens (tertiary/aromatic N) is 4. The topological polar surface area (TPSA) is 60.0 Å². The molecule has 3 rings (SSSR count). The molecule has 7 heteroatoms. The van der Waals surface area contributed by atoms with Crippen LogP contribution in [-0.4, -0.2) is 62.4 Å². The lowest BCUT2D eigenvalue weighted by Crippen LogP contribution is -2.43. The van der Waals surface area contributed by atoms with Gasteiger partial charge in [-0.2, -0.15) is 4.98 Å². The molecule has 0 bridgehead atoms. The van der Waals surface area contributed by atoms with Crippen molar-refractivity contribution in [1.29, 1.82) is 0 Å². The van der Waals surface area contributed by atoms with Gasteiger partial charge in [-0.1, -0.05) is 0 Å². The van der Waals surface area contributed by atoms with Crippen LogP contribution in [0.2, 0.25) is 0 Å². The van der Waals surface area contributed by atoms with Gasteiger partial charge in [-0.25, -0.2) is 4.98 Å². The third-order valence-electron chi connectivity index (χ3n) is 5.06. The summed E-state index contributed by atoms with van der Waals surface area (Å²) in [5.74, 6) is 2.58. The molecule has 27 heavy (non-hydrogen) atoms. The fourth-order valence-electron chi connectivity index (χ4n) is 3.52. The van der Waals surface area contributed by atoms with Crippen LogP contribution in [0.5, 0.6) is 17.5 Å². The highest BCUT2D eigenvalue weighted by Gasteiger charge is 2.23. The van der Waals surface area contributed by atoms with Gasteiger partial charge in [0.1, 0.15) is 17.3 Å². The van der Waals surface area contributed by atoms with Crippen molar-refractivity contribution >= 4 is 5.82 Å². The summed E-state index contributed by atoms with van der Waals surface area (Å²) in [4.78, 5) is 13.2. The molecule has 1 aromatic heterocycles. The molecule has 0 saturated carbocycles. The van der Waals surface area contributed by atoms with E-state index in [1.54, 1.807) is 27.5 Å². The maximum absolute atomic E-state index is 5.38. The van der Waals surface area contributed by atoms with Crippen molar-refractivity contribution in [2.75, 3.05) is 46.4 Å². The minimum absolute atomic E-state index is 0.415. The van der Waals surface area contributed by atoms with Gasteiger partial charge in [-0.15, -0.1) is 0 Å². The van der Waals surface area contributed by atoms with Crippen LogP contribution in [0.15, 0.2) is 30.5 Å². The molecule has 7 nitrogen and oxygen atoms in total. The Balaban J connectivity index is 1.59. The number of ether oxygens (including phenoxy) is 3.